The quantitative estimate of drug-likeness (QED) is 0.662. The number of anilines is 1. The van der Waals surface area contributed by atoms with E-state index in [1.807, 2.05) is 22.6 Å². The molecule has 70 valence electrons. The lowest BCUT2D eigenvalue weighted by Gasteiger charge is -2.03. The van der Waals surface area contributed by atoms with Gasteiger partial charge in [0, 0.05) is 3.57 Å². The number of halogens is 1. The van der Waals surface area contributed by atoms with Crippen LogP contribution >= 0.6 is 22.6 Å². The Labute approximate surface area is 89.6 Å². The Hall–Kier alpha value is -0.850. The molecule has 1 heterocycles. The number of nitrogens with zero attached hydrogens (tertiary/aromatic N) is 1. The third-order valence-corrected chi connectivity index (χ3v) is 2.15. The van der Waals surface area contributed by atoms with Crippen LogP contribution in [0.25, 0.3) is 0 Å². The second kappa shape index (κ2) is 4.40. The zero-order valence-corrected chi connectivity index (χ0v) is 9.24. The highest BCUT2D eigenvalue weighted by Gasteiger charge is 2.12. The topological polar surface area (TPSA) is 65.2 Å². The van der Waals surface area contributed by atoms with Crippen molar-refractivity contribution in [3.8, 4) is 0 Å². The van der Waals surface area contributed by atoms with Gasteiger partial charge < -0.3 is 10.5 Å². The van der Waals surface area contributed by atoms with Gasteiger partial charge in [-0.1, -0.05) is 0 Å². The van der Waals surface area contributed by atoms with Crippen LogP contribution in [0, 0.1) is 3.57 Å². The van der Waals surface area contributed by atoms with Crippen molar-refractivity contribution < 1.29 is 9.53 Å². The summed E-state index contributed by atoms with van der Waals surface area (Å²) in [6, 6.07) is 1.68. The summed E-state index contributed by atoms with van der Waals surface area (Å²) in [6.07, 6.45) is 1.44. The summed E-state index contributed by atoms with van der Waals surface area (Å²) in [7, 11) is 0. The number of pyridine rings is 1. The van der Waals surface area contributed by atoms with E-state index in [1.54, 1.807) is 13.0 Å². The molecular weight excluding hydrogens is 283 g/mol. The molecule has 13 heavy (non-hydrogen) atoms. The van der Waals surface area contributed by atoms with Crippen molar-refractivity contribution in [1.29, 1.82) is 0 Å². The number of ether oxygens (including phenoxy) is 1. The normalized spacial score (nSPS) is 9.69. The van der Waals surface area contributed by atoms with Crippen LogP contribution < -0.4 is 5.73 Å². The second-order valence-corrected chi connectivity index (χ2v) is 3.48. The molecule has 0 aromatic carbocycles. The number of carbonyl (C=O) groups excluding carboxylic acids is 1. The minimum Gasteiger partial charge on any atom is -0.461 e. The number of carbonyl (C=O) groups is 1. The lowest BCUT2D eigenvalue weighted by Crippen LogP contribution is -2.09. The van der Waals surface area contributed by atoms with Crippen LogP contribution in [0.4, 0.5) is 5.69 Å². The third-order valence-electron chi connectivity index (χ3n) is 1.33. The number of nitrogen functional groups attached to an aromatic ring is 1. The van der Waals surface area contributed by atoms with Gasteiger partial charge in [-0.2, -0.15) is 0 Å². The van der Waals surface area contributed by atoms with Crippen molar-refractivity contribution in [2.75, 3.05) is 12.3 Å². The molecule has 5 heteroatoms. The first kappa shape index (κ1) is 10.2. The van der Waals surface area contributed by atoms with Crippen molar-refractivity contribution in [3.63, 3.8) is 0 Å². The van der Waals surface area contributed by atoms with Gasteiger partial charge in [0.15, 0.2) is 5.69 Å². The van der Waals surface area contributed by atoms with Crippen molar-refractivity contribution >= 4 is 34.2 Å². The fraction of sp³-hybridized carbons (Fsp3) is 0.250. The smallest absolute Gasteiger partial charge is 0.358 e. The van der Waals surface area contributed by atoms with Gasteiger partial charge >= 0.3 is 5.97 Å². The highest BCUT2D eigenvalue weighted by atomic mass is 127. The Morgan fingerprint density at radius 2 is 2.46 bits per heavy atom. The lowest BCUT2D eigenvalue weighted by molar-refractivity contribution is 0.0518. The average Bonchev–Trinajstić information content (AvgIpc) is 2.04. The van der Waals surface area contributed by atoms with E-state index in [0.717, 1.165) is 0 Å². The Morgan fingerprint density at radius 3 is 3.00 bits per heavy atom. The fourth-order valence-electron chi connectivity index (χ4n) is 0.802. The molecule has 0 aliphatic carbocycles. The molecule has 0 aliphatic heterocycles. The predicted octanol–water partition coefficient (Wildman–Crippen LogP) is 1.45. The third kappa shape index (κ3) is 2.55. The number of nitrogens with two attached hydrogens (primary N) is 1. The van der Waals surface area contributed by atoms with E-state index in [4.69, 9.17) is 10.5 Å². The van der Waals surface area contributed by atoms with E-state index in [1.165, 1.54) is 6.20 Å². The molecule has 0 spiro atoms. The number of hydrogen-bond donors (Lipinski definition) is 1. The van der Waals surface area contributed by atoms with E-state index in [-0.39, 0.29) is 0 Å². The van der Waals surface area contributed by atoms with Crippen LogP contribution in [0.3, 0.4) is 0 Å². The summed E-state index contributed by atoms with van der Waals surface area (Å²) in [5.74, 6) is -0.410. The van der Waals surface area contributed by atoms with Crippen molar-refractivity contribution in [2.45, 2.75) is 6.92 Å². The zero-order chi connectivity index (χ0) is 9.84. The van der Waals surface area contributed by atoms with E-state index >= 15 is 0 Å². The van der Waals surface area contributed by atoms with Gasteiger partial charge in [-0.25, -0.2) is 9.78 Å². The molecule has 0 amide bonds. The molecule has 1 aromatic rings. The molecular formula is C8H9IN2O2. The SMILES string of the molecule is CCOC(=O)c1ncc(N)cc1I. The lowest BCUT2D eigenvalue weighted by atomic mass is 10.3. The van der Waals surface area contributed by atoms with E-state index in [2.05, 4.69) is 4.98 Å². The first-order valence-electron chi connectivity index (χ1n) is 3.73. The second-order valence-electron chi connectivity index (χ2n) is 2.32. The molecule has 0 aliphatic rings. The van der Waals surface area contributed by atoms with Gasteiger partial charge in [-0.05, 0) is 35.6 Å². The fourth-order valence-corrected chi connectivity index (χ4v) is 1.52. The van der Waals surface area contributed by atoms with Crippen LogP contribution in [0.1, 0.15) is 17.4 Å². The maximum absolute atomic E-state index is 11.2. The maximum Gasteiger partial charge on any atom is 0.358 e. The van der Waals surface area contributed by atoms with Crippen molar-refractivity contribution in [2.24, 2.45) is 0 Å². The standard InChI is InChI=1S/C8H9IN2O2/c1-2-13-8(12)7-6(9)3-5(10)4-11-7/h3-4H,2,10H2,1H3. The molecule has 0 saturated carbocycles. The monoisotopic (exact) mass is 292 g/mol. The van der Waals surface area contributed by atoms with Gasteiger partial charge in [0.1, 0.15) is 0 Å². The van der Waals surface area contributed by atoms with Crippen LogP contribution in [-0.4, -0.2) is 17.6 Å². The molecule has 1 aromatic heterocycles. The van der Waals surface area contributed by atoms with E-state index in [0.29, 0.717) is 21.6 Å². The largest absolute Gasteiger partial charge is 0.461 e. The molecule has 0 bridgehead atoms. The molecule has 0 radical (unpaired) electrons. The highest BCUT2D eigenvalue weighted by molar-refractivity contribution is 14.1. The first-order valence-corrected chi connectivity index (χ1v) is 4.81. The minimum atomic E-state index is -0.410. The summed E-state index contributed by atoms with van der Waals surface area (Å²) >= 11 is 2.00. The molecule has 1 rings (SSSR count). The van der Waals surface area contributed by atoms with Crippen molar-refractivity contribution in [3.05, 3.63) is 21.5 Å². The number of aromatic nitrogens is 1. The van der Waals surface area contributed by atoms with Gasteiger partial charge in [0.25, 0.3) is 0 Å². The van der Waals surface area contributed by atoms with Gasteiger partial charge in [0.2, 0.25) is 0 Å². The van der Waals surface area contributed by atoms with Gasteiger partial charge in [0.05, 0.1) is 18.5 Å². The first-order chi connectivity index (χ1) is 6.15. The zero-order valence-electron chi connectivity index (χ0n) is 7.08. The van der Waals surface area contributed by atoms with E-state index < -0.39 is 5.97 Å². The van der Waals surface area contributed by atoms with Crippen LogP contribution in [0.2, 0.25) is 0 Å². The summed E-state index contributed by atoms with van der Waals surface area (Å²) in [5.41, 5.74) is 6.34. The van der Waals surface area contributed by atoms with Crippen LogP contribution in [0.15, 0.2) is 12.3 Å². The number of hydrogen-bond acceptors (Lipinski definition) is 4. The number of esters is 1. The number of rotatable bonds is 2. The summed E-state index contributed by atoms with van der Waals surface area (Å²) in [5, 5.41) is 0. The molecule has 0 saturated heterocycles. The highest BCUT2D eigenvalue weighted by Crippen LogP contribution is 2.13. The summed E-state index contributed by atoms with van der Waals surface area (Å²) in [4.78, 5) is 15.1. The Balaban J connectivity index is 2.95. The predicted molar refractivity (Wildman–Crippen MR) is 57.3 cm³/mol. The molecule has 0 unspecified atom stereocenters. The average molecular weight is 292 g/mol. The minimum absolute atomic E-state index is 0.316. The van der Waals surface area contributed by atoms with Gasteiger partial charge in [-0.15, -0.1) is 0 Å². The Kier molecular flexibility index (Phi) is 3.47. The van der Waals surface area contributed by atoms with Crippen LogP contribution in [0.5, 0.6) is 0 Å². The maximum atomic E-state index is 11.2. The van der Waals surface area contributed by atoms with Gasteiger partial charge in [-0.3, -0.25) is 0 Å². The summed E-state index contributed by atoms with van der Waals surface area (Å²) < 4.78 is 5.51. The Morgan fingerprint density at radius 1 is 1.77 bits per heavy atom. The molecule has 2 N–H and O–H groups in total. The molecule has 0 atom stereocenters. The molecule has 4 nitrogen and oxygen atoms in total. The van der Waals surface area contributed by atoms with Crippen LogP contribution in [-0.2, 0) is 4.74 Å². The molecule has 0 fully saturated rings. The summed E-state index contributed by atoms with van der Waals surface area (Å²) in [6.45, 7) is 2.10. The Bertz CT molecular complexity index is 328. The van der Waals surface area contributed by atoms with Crippen molar-refractivity contribution in [1.82, 2.24) is 4.98 Å². The van der Waals surface area contributed by atoms with E-state index in [9.17, 15) is 4.79 Å².